The van der Waals surface area contributed by atoms with Crippen LogP contribution in [0.25, 0.3) is 0 Å². The SMILES string of the molecule is CC(C)(C#N)c1cc(CNC(=O)c2ccc(S(=O)(=O)Nc3cc(Cl)c[nH]3)cc2F)ccc1F. The molecule has 0 saturated carbocycles. The second-order valence-corrected chi connectivity index (χ2v) is 9.83. The molecule has 0 aliphatic rings. The third-order valence-electron chi connectivity index (χ3n) is 4.82. The molecule has 3 N–H and O–H groups in total. The fourth-order valence-corrected chi connectivity index (χ4v) is 4.17. The normalized spacial score (nSPS) is 11.6. The van der Waals surface area contributed by atoms with Crippen LogP contribution in [-0.4, -0.2) is 19.3 Å². The molecule has 0 atom stereocenters. The van der Waals surface area contributed by atoms with Gasteiger partial charge >= 0.3 is 0 Å². The van der Waals surface area contributed by atoms with Crippen molar-refractivity contribution in [1.29, 1.82) is 5.26 Å². The third-order valence-corrected chi connectivity index (χ3v) is 6.41. The molecule has 0 spiro atoms. The molecule has 7 nitrogen and oxygen atoms in total. The van der Waals surface area contributed by atoms with E-state index in [-0.39, 0.29) is 33.4 Å². The molecule has 0 radical (unpaired) electrons. The van der Waals surface area contributed by atoms with E-state index in [1.807, 2.05) is 6.07 Å². The van der Waals surface area contributed by atoms with Crippen LogP contribution in [0.2, 0.25) is 5.02 Å². The summed E-state index contributed by atoms with van der Waals surface area (Å²) in [6.45, 7) is 3.08. The van der Waals surface area contributed by atoms with E-state index >= 15 is 0 Å². The highest BCUT2D eigenvalue weighted by Crippen LogP contribution is 2.26. The van der Waals surface area contributed by atoms with Crippen LogP contribution in [0, 0.1) is 23.0 Å². The van der Waals surface area contributed by atoms with Gasteiger partial charge in [-0.05, 0) is 55.8 Å². The van der Waals surface area contributed by atoms with Crippen molar-refractivity contribution in [1.82, 2.24) is 10.3 Å². The number of benzene rings is 2. The fourth-order valence-electron chi connectivity index (χ4n) is 2.98. The van der Waals surface area contributed by atoms with Crippen LogP contribution in [0.5, 0.6) is 0 Å². The van der Waals surface area contributed by atoms with E-state index in [4.69, 9.17) is 11.6 Å². The molecular formula is C22H19ClF2N4O3S. The van der Waals surface area contributed by atoms with E-state index in [2.05, 4.69) is 15.0 Å². The van der Waals surface area contributed by atoms with Crippen molar-refractivity contribution in [3.05, 3.63) is 82.0 Å². The summed E-state index contributed by atoms with van der Waals surface area (Å²) in [6, 6.07) is 10.3. The van der Waals surface area contributed by atoms with Crippen LogP contribution in [-0.2, 0) is 22.0 Å². The van der Waals surface area contributed by atoms with Crippen LogP contribution in [0.15, 0.2) is 53.6 Å². The summed E-state index contributed by atoms with van der Waals surface area (Å²) in [4.78, 5) is 14.7. The summed E-state index contributed by atoms with van der Waals surface area (Å²) in [7, 11) is -4.12. The van der Waals surface area contributed by atoms with Crippen molar-refractivity contribution in [2.75, 3.05) is 4.72 Å². The molecule has 0 bridgehead atoms. The number of aromatic amines is 1. The number of H-pyrrole nitrogens is 1. The van der Waals surface area contributed by atoms with Gasteiger partial charge in [-0.1, -0.05) is 17.7 Å². The summed E-state index contributed by atoms with van der Waals surface area (Å²) < 4.78 is 55.7. The first-order valence-electron chi connectivity index (χ1n) is 9.57. The van der Waals surface area contributed by atoms with E-state index in [1.165, 1.54) is 30.5 Å². The summed E-state index contributed by atoms with van der Waals surface area (Å²) in [5.41, 5.74) is -0.752. The van der Waals surface area contributed by atoms with Gasteiger partial charge < -0.3 is 10.3 Å². The molecule has 1 heterocycles. The lowest BCUT2D eigenvalue weighted by atomic mass is 9.85. The van der Waals surface area contributed by atoms with Crippen molar-refractivity contribution in [2.24, 2.45) is 0 Å². The lowest BCUT2D eigenvalue weighted by molar-refractivity contribution is 0.0946. The van der Waals surface area contributed by atoms with Crippen LogP contribution >= 0.6 is 11.6 Å². The van der Waals surface area contributed by atoms with Crippen molar-refractivity contribution < 1.29 is 22.0 Å². The second-order valence-electron chi connectivity index (χ2n) is 7.71. The number of carbonyl (C=O) groups is 1. The van der Waals surface area contributed by atoms with E-state index in [0.717, 1.165) is 18.2 Å². The van der Waals surface area contributed by atoms with Gasteiger partial charge in [-0.2, -0.15) is 5.26 Å². The Kier molecular flexibility index (Phi) is 6.76. The smallest absolute Gasteiger partial charge is 0.263 e. The molecule has 0 saturated heterocycles. The maximum absolute atomic E-state index is 14.6. The van der Waals surface area contributed by atoms with Crippen LogP contribution in [0.1, 0.15) is 35.3 Å². The van der Waals surface area contributed by atoms with Crippen LogP contribution in [0.4, 0.5) is 14.6 Å². The average Bonchev–Trinajstić information content (AvgIpc) is 3.16. The summed E-state index contributed by atoms with van der Waals surface area (Å²) >= 11 is 5.73. The zero-order valence-electron chi connectivity index (χ0n) is 17.5. The third kappa shape index (κ3) is 5.50. The molecule has 2 aromatic carbocycles. The van der Waals surface area contributed by atoms with E-state index in [0.29, 0.717) is 5.56 Å². The first-order chi connectivity index (χ1) is 15.4. The number of nitrogens with zero attached hydrogens (tertiary/aromatic N) is 1. The maximum atomic E-state index is 14.6. The van der Waals surface area contributed by atoms with Gasteiger partial charge in [-0.25, -0.2) is 17.2 Å². The zero-order chi connectivity index (χ0) is 24.4. The molecule has 0 unspecified atom stereocenters. The topological polar surface area (TPSA) is 115 Å². The number of nitrogens with one attached hydrogen (secondary N) is 3. The molecule has 1 aromatic heterocycles. The highest BCUT2D eigenvalue weighted by molar-refractivity contribution is 7.92. The van der Waals surface area contributed by atoms with Crippen LogP contribution < -0.4 is 10.0 Å². The maximum Gasteiger partial charge on any atom is 0.263 e. The highest BCUT2D eigenvalue weighted by atomic mass is 35.5. The average molecular weight is 493 g/mol. The number of aromatic nitrogens is 1. The second kappa shape index (κ2) is 9.21. The van der Waals surface area contributed by atoms with Crippen molar-refractivity contribution in [3.8, 4) is 6.07 Å². The Hall–Kier alpha value is -3.42. The number of carbonyl (C=O) groups excluding carboxylic acids is 1. The Balaban J connectivity index is 1.74. The molecule has 0 aliphatic carbocycles. The Bertz CT molecular complexity index is 1360. The van der Waals surface area contributed by atoms with E-state index in [1.54, 1.807) is 13.8 Å². The van der Waals surface area contributed by atoms with E-state index < -0.39 is 33.0 Å². The minimum atomic E-state index is -4.12. The Morgan fingerprint density at radius 3 is 2.48 bits per heavy atom. The first kappa shape index (κ1) is 24.2. The lowest BCUT2D eigenvalue weighted by Crippen LogP contribution is -2.25. The largest absolute Gasteiger partial charge is 0.348 e. The summed E-state index contributed by atoms with van der Waals surface area (Å²) in [5.74, 6) is -2.27. The number of hydrogen-bond acceptors (Lipinski definition) is 4. The standard InChI is InChI=1S/C22H19ClF2N4O3S/c1-22(2,12-26)17-7-13(3-6-18(17)24)10-28-21(30)16-5-4-15(9-19(16)25)33(31,32)29-20-8-14(23)11-27-20/h3-9,11,27,29H,10H2,1-2H3,(H,28,30). The number of hydrogen-bond donors (Lipinski definition) is 3. The van der Waals surface area contributed by atoms with Crippen molar-refractivity contribution in [3.63, 3.8) is 0 Å². The lowest BCUT2D eigenvalue weighted by Gasteiger charge is -2.18. The number of halogens is 3. The first-order valence-corrected chi connectivity index (χ1v) is 11.4. The van der Waals surface area contributed by atoms with Gasteiger partial charge in [0.25, 0.3) is 15.9 Å². The summed E-state index contributed by atoms with van der Waals surface area (Å²) in [6.07, 6.45) is 1.37. The number of amides is 1. The zero-order valence-corrected chi connectivity index (χ0v) is 19.1. The molecule has 33 heavy (non-hydrogen) atoms. The minimum Gasteiger partial charge on any atom is -0.348 e. The van der Waals surface area contributed by atoms with Gasteiger partial charge in [-0.3, -0.25) is 9.52 Å². The van der Waals surface area contributed by atoms with Gasteiger partial charge in [0.2, 0.25) is 0 Å². The molecule has 11 heteroatoms. The quantitative estimate of drug-likeness (QED) is 0.451. The van der Waals surface area contributed by atoms with Gasteiger partial charge in [0.1, 0.15) is 17.5 Å². The Morgan fingerprint density at radius 2 is 1.88 bits per heavy atom. The minimum absolute atomic E-state index is 0.0533. The van der Waals surface area contributed by atoms with Crippen LogP contribution in [0.3, 0.4) is 0 Å². The van der Waals surface area contributed by atoms with Crippen molar-refractivity contribution in [2.45, 2.75) is 30.7 Å². The molecule has 3 aromatic rings. The van der Waals surface area contributed by atoms with Gasteiger partial charge in [0.05, 0.1) is 27.0 Å². The summed E-state index contributed by atoms with van der Waals surface area (Å²) in [5, 5.41) is 12.0. The monoisotopic (exact) mass is 492 g/mol. The molecule has 0 aliphatic heterocycles. The van der Waals surface area contributed by atoms with E-state index in [9.17, 15) is 27.3 Å². The fraction of sp³-hybridized carbons (Fsp3) is 0.182. The number of sulfonamides is 1. The van der Waals surface area contributed by atoms with Gasteiger partial charge in [0, 0.05) is 18.3 Å². The molecule has 0 fully saturated rings. The molecular weight excluding hydrogens is 474 g/mol. The Labute approximate surface area is 194 Å². The number of anilines is 1. The van der Waals surface area contributed by atoms with Gasteiger partial charge in [0.15, 0.2) is 0 Å². The molecule has 3 rings (SSSR count). The predicted molar refractivity (Wildman–Crippen MR) is 119 cm³/mol. The molecule has 1 amide bonds. The Morgan fingerprint density at radius 1 is 1.15 bits per heavy atom. The molecule has 172 valence electrons. The highest BCUT2D eigenvalue weighted by Gasteiger charge is 2.24. The number of rotatable bonds is 7. The van der Waals surface area contributed by atoms with Crippen molar-refractivity contribution >= 4 is 33.3 Å². The van der Waals surface area contributed by atoms with Gasteiger partial charge in [-0.15, -0.1) is 0 Å². The predicted octanol–water partition coefficient (Wildman–Crippen LogP) is 4.48. The number of nitriles is 1.